The number of rotatable bonds is 3. The van der Waals surface area contributed by atoms with Gasteiger partial charge >= 0.3 is 0 Å². The van der Waals surface area contributed by atoms with Crippen LogP contribution in [0.25, 0.3) is 22.2 Å². The van der Waals surface area contributed by atoms with E-state index in [1.165, 1.54) is 0 Å². The van der Waals surface area contributed by atoms with E-state index in [1.807, 2.05) is 25.3 Å². The number of ether oxygens (including phenoxy) is 1. The summed E-state index contributed by atoms with van der Waals surface area (Å²) in [7, 11) is 0. The smallest absolute Gasteiger partial charge is 0.235 e. The quantitative estimate of drug-likeness (QED) is 0.759. The van der Waals surface area contributed by atoms with Crippen molar-refractivity contribution in [2.24, 2.45) is 0 Å². The van der Waals surface area contributed by atoms with Crippen LogP contribution in [0.3, 0.4) is 0 Å². The Kier molecular flexibility index (Phi) is 3.89. The molecule has 1 fully saturated rings. The van der Waals surface area contributed by atoms with Crippen LogP contribution in [0.5, 0.6) is 5.88 Å². The Labute approximate surface area is 152 Å². The lowest BCUT2D eigenvalue weighted by molar-refractivity contribution is 0.135. The van der Waals surface area contributed by atoms with Crippen LogP contribution < -0.4 is 10.1 Å². The van der Waals surface area contributed by atoms with Crippen LogP contribution in [-0.2, 0) is 0 Å². The molecule has 1 unspecified atom stereocenters. The van der Waals surface area contributed by atoms with Crippen molar-refractivity contribution in [1.29, 1.82) is 5.26 Å². The van der Waals surface area contributed by atoms with E-state index in [0.29, 0.717) is 11.4 Å². The zero-order valence-electron chi connectivity index (χ0n) is 15.1. The number of hydrogen-bond acceptors (Lipinski definition) is 5. The molecule has 0 amide bonds. The van der Waals surface area contributed by atoms with Crippen molar-refractivity contribution < 1.29 is 4.74 Å². The van der Waals surface area contributed by atoms with E-state index in [0.717, 1.165) is 40.8 Å². The van der Waals surface area contributed by atoms with Crippen LogP contribution in [0.1, 0.15) is 31.5 Å². The van der Waals surface area contributed by atoms with Crippen molar-refractivity contribution in [1.82, 2.24) is 20.3 Å². The highest BCUT2D eigenvalue weighted by molar-refractivity contribution is 5.97. The monoisotopic (exact) mass is 347 g/mol. The minimum atomic E-state index is -0.0721. The largest absolute Gasteiger partial charge is 0.471 e. The van der Waals surface area contributed by atoms with Gasteiger partial charge in [-0.25, -0.2) is 9.97 Å². The first kappa shape index (κ1) is 16.6. The molecule has 0 spiro atoms. The number of hydrogen-bond donors (Lipinski definition) is 2. The van der Waals surface area contributed by atoms with Crippen molar-refractivity contribution in [3.05, 3.63) is 41.9 Å². The van der Waals surface area contributed by atoms with Gasteiger partial charge in [0, 0.05) is 22.7 Å². The van der Waals surface area contributed by atoms with Crippen LogP contribution in [-0.4, -0.2) is 33.1 Å². The predicted octanol–water partition coefficient (Wildman–Crippen LogP) is 3.32. The first-order valence-corrected chi connectivity index (χ1v) is 8.75. The second-order valence-electron chi connectivity index (χ2n) is 7.23. The zero-order chi connectivity index (χ0) is 18.3. The Balaban J connectivity index is 1.68. The van der Waals surface area contributed by atoms with Gasteiger partial charge in [-0.2, -0.15) is 5.26 Å². The SMILES string of the molecule is Cc1nc(-c2c[nH]c3c(C#N)cccc23)cnc1OC1CCNC1(C)C. The Morgan fingerprint density at radius 2 is 2.19 bits per heavy atom. The summed E-state index contributed by atoms with van der Waals surface area (Å²) in [6.45, 7) is 7.14. The van der Waals surface area contributed by atoms with Gasteiger partial charge in [-0.15, -0.1) is 0 Å². The third kappa shape index (κ3) is 2.71. The summed E-state index contributed by atoms with van der Waals surface area (Å²) in [4.78, 5) is 12.4. The molecule has 0 aliphatic carbocycles. The Hall–Kier alpha value is -2.91. The number of aryl methyl sites for hydroxylation is 1. The standard InChI is InChI=1S/C20H21N5O/c1-12-19(26-17-7-8-24-20(17,2)3)23-11-16(25-12)15-10-22-18-13(9-21)5-4-6-14(15)18/h4-6,10-11,17,22,24H,7-8H2,1-3H3. The molecule has 1 aliphatic rings. The summed E-state index contributed by atoms with van der Waals surface area (Å²) in [5.41, 5.74) is 3.83. The summed E-state index contributed by atoms with van der Waals surface area (Å²) < 4.78 is 6.13. The number of nitriles is 1. The summed E-state index contributed by atoms with van der Waals surface area (Å²) in [5.74, 6) is 0.577. The molecule has 2 aromatic heterocycles. The minimum absolute atomic E-state index is 0.0721. The molecule has 1 saturated heterocycles. The lowest BCUT2D eigenvalue weighted by Crippen LogP contribution is -2.44. The third-order valence-corrected chi connectivity index (χ3v) is 5.06. The Morgan fingerprint density at radius 3 is 2.88 bits per heavy atom. The predicted molar refractivity (Wildman–Crippen MR) is 99.9 cm³/mol. The van der Waals surface area contributed by atoms with E-state index in [-0.39, 0.29) is 11.6 Å². The Morgan fingerprint density at radius 1 is 1.35 bits per heavy atom. The van der Waals surface area contributed by atoms with Crippen molar-refractivity contribution in [3.8, 4) is 23.2 Å². The zero-order valence-corrected chi connectivity index (χ0v) is 15.1. The van der Waals surface area contributed by atoms with E-state index in [2.05, 4.69) is 35.2 Å². The van der Waals surface area contributed by atoms with Gasteiger partial charge in [0.1, 0.15) is 17.9 Å². The van der Waals surface area contributed by atoms with E-state index >= 15 is 0 Å². The van der Waals surface area contributed by atoms with E-state index < -0.39 is 0 Å². The maximum absolute atomic E-state index is 9.25. The number of benzene rings is 1. The maximum Gasteiger partial charge on any atom is 0.235 e. The van der Waals surface area contributed by atoms with Crippen LogP contribution in [0, 0.1) is 18.3 Å². The lowest BCUT2D eigenvalue weighted by Gasteiger charge is -2.27. The fourth-order valence-corrected chi connectivity index (χ4v) is 3.52. The molecule has 0 bridgehead atoms. The first-order valence-electron chi connectivity index (χ1n) is 8.75. The summed E-state index contributed by atoms with van der Waals surface area (Å²) in [6.07, 6.45) is 4.64. The molecule has 6 heteroatoms. The average Bonchev–Trinajstić information content (AvgIpc) is 3.19. The van der Waals surface area contributed by atoms with Crippen LogP contribution in [0.15, 0.2) is 30.6 Å². The molecule has 4 rings (SSSR count). The van der Waals surface area contributed by atoms with Crippen molar-refractivity contribution in [2.45, 2.75) is 38.8 Å². The van der Waals surface area contributed by atoms with Crippen LogP contribution in [0.4, 0.5) is 0 Å². The van der Waals surface area contributed by atoms with Crippen molar-refractivity contribution >= 4 is 10.9 Å². The minimum Gasteiger partial charge on any atom is -0.471 e. The van der Waals surface area contributed by atoms with Gasteiger partial charge in [0.15, 0.2) is 0 Å². The molecule has 3 heterocycles. The van der Waals surface area contributed by atoms with Gasteiger partial charge in [0.25, 0.3) is 0 Å². The Bertz CT molecular complexity index is 1010. The van der Waals surface area contributed by atoms with E-state index in [4.69, 9.17) is 9.72 Å². The number of fused-ring (bicyclic) bond motifs is 1. The van der Waals surface area contributed by atoms with Gasteiger partial charge in [-0.3, -0.25) is 0 Å². The molecule has 2 N–H and O–H groups in total. The molecule has 26 heavy (non-hydrogen) atoms. The van der Waals surface area contributed by atoms with Crippen LogP contribution >= 0.6 is 0 Å². The topological polar surface area (TPSA) is 86.6 Å². The molecule has 1 atom stereocenters. The highest BCUT2D eigenvalue weighted by Gasteiger charge is 2.36. The van der Waals surface area contributed by atoms with Crippen LogP contribution in [0.2, 0.25) is 0 Å². The van der Waals surface area contributed by atoms with Gasteiger partial charge in [-0.05, 0) is 39.8 Å². The maximum atomic E-state index is 9.25. The molecular weight excluding hydrogens is 326 g/mol. The normalized spacial score (nSPS) is 18.8. The van der Waals surface area contributed by atoms with Gasteiger partial charge in [0.2, 0.25) is 5.88 Å². The number of aromatic nitrogens is 3. The highest BCUT2D eigenvalue weighted by atomic mass is 16.5. The molecular formula is C20H21N5O. The summed E-state index contributed by atoms with van der Waals surface area (Å²) >= 11 is 0. The summed E-state index contributed by atoms with van der Waals surface area (Å²) in [5, 5.41) is 13.7. The first-order chi connectivity index (χ1) is 12.5. The average molecular weight is 347 g/mol. The van der Waals surface area contributed by atoms with Crippen molar-refractivity contribution in [2.75, 3.05) is 6.54 Å². The number of nitrogens with zero attached hydrogens (tertiary/aromatic N) is 3. The van der Waals surface area contributed by atoms with Crippen molar-refractivity contribution in [3.63, 3.8) is 0 Å². The molecule has 0 saturated carbocycles. The van der Waals surface area contributed by atoms with Gasteiger partial charge in [0.05, 0.1) is 23.0 Å². The molecule has 1 aliphatic heterocycles. The fraction of sp³-hybridized carbons (Fsp3) is 0.350. The molecule has 0 radical (unpaired) electrons. The van der Waals surface area contributed by atoms with E-state index in [9.17, 15) is 5.26 Å². The number of aromatic amines is 1. The molecule has 6 nitrogen and oxygen atoms in total. The second kappa shape index (κ2) is 6.11. The fourth-order valence-electron chi connectivity index (χ4n) is 3.52. The number of H-pyrrole nitrogens is 1. The second-order valence-corrected chi connectivity index (χ2v) is 7.23. The van der Waals surface area contributed by atoms with Gasteiger partial charge < -0.3 is 15.0 Å². The molecule has 132 valence electrons. The number of para-hydroxylation sites is 1. The van der Waals surface area contributed by atoms with E-state index in [1.54, 1.807) is 12.3 Å². The highest BCUT2D eigenvalue weighted by Crippen LogP contribution is 2.31. The van der Waals surface area contributed by atoms with Gasteiger partial charge in [-0.1, -0.05) is 12.1 Å². The number of nitrogens with one attached hydrogen (secondary N) is 2. The summed E-state index contributed by atoms with van der Waals surface area (Å²) in [6, 6.07) is 7.87. The molecule has 1 aromatic carbocycles. The molecule has 3 aromatic rings. The lowest BCUT2D eigenvalue weighted by atomic mass is 10.00. The third-order valence-electron chi connectivity index (χ3n) is 5.06.